The zero-order valence-electron chi connectivity index (χ0n) is 8.16. The minimum Gasteiger partial charge on any atom is -0.495 e. The van der Waals surface area contributed by atoms with Crippen LogP contribution in [0.1, 0.15) is 0 Å². The van der Waals surface area contributed by atoms with E-state index in [2.05, 4.69) is 5.43 Å². The summed E-state index contributed by atoms with van der Waals surface area (Å²) in [5, 5.41) is 0. The molecule has 72 valence electrons. The van der Waals surface area contributed by atoms with Crippen molar-refractivity contribution in [1.82, 2.24) is 0 Å². The van der Waals surface area contributed by atoms with E-state index in [1.165, 1.54) is 0 Å². The van der Waals surface area contributed by atoms with Crippen molar-refractivity contribution >= 4 is 11.4 Å². The summed E-state index contributed by atoms with van der Waals surface area (Å²) in [6, 6.07) is 5.71. The molecule has 0 atom stereocenters. The van der Waals surface area contributed by atoms with Crippen molar-refractivity contribution in [2.24, 2.45) is 5.84 Å². The van der Waals surface area contributed by atoms with Gasteiger partial charge in [0.15, 0.2) is 0 Å². The first-order chi connectivity index (χ1) is 6.19. The standard InChI is InChI=1S/C9H15N3O/c1-12(2)8-5-4-7(11-10)6-9(8)13-3/h4-6,11H,10H2,1-3H3. The average Bonchev–Trinajstić information content (AvgIpc) is 2.16. The predicted octanol–water partition coefficient (Wildman–Crippen LogP) is 1.05. The van der Waals surface area contributed by atoms with Crippen LogP contribution in [0.4, 0.5) is 11.4 Å². The molecule has 0 spiro atoms. The first-order valence-electron chi connectivity index (χ1n) is 4.01. The highest BCUT2D eigenvalue weighted by Gasteiger charge is 2.04. The van der Waals surface area contributed by atoms with Crippen LogP contribution >= 0.6 is 0 Å². The van der Waals surface area contributed by atoms with Gasteiger partial charge in [-0.1, -0.05) is 0 Å². The number of nitrogen functional groups attached to an aromatic ring is 1. The number of nitrogens with one attached hydrogen (secondary N) is 1. The number of hydrazine groups is 1. The fourth-order valence-electron chi connectivity index (χ4n) is 1.14. The molecule has 0 amide bonds. The van der Waals surface area contributed by atoms with Crippen LogP contribution in [0.3, 0.4) is 0 Å². The van der Waals surface area contributed by atoms with Gasteiger partial charge in [0.1, 0.15) is 5.75 Å². The highest BCUT2D eigenvalue weighted by Crippen LogP contribution is 2.29. The highest BCUT2D eigenvalue weighted by molar-refractivity contribution is 5.64. The van der Waals surface area contributed by atoms with Gasteiger partial charge in [-0.05, 0) is 12.1 Å². The van der Waals surface area contributed by atoms with Gasteiger partial charge in [0.05, 0.1) is 18.5 Å². The summed E-state index contributed by atoms with van der Waals surface area (Å²) in [6.07, 6.45) is 0. The molecule has 0 unspecified atom stereocenters. The maximum atomic E-state index is 5.28. The van der Waals surface area contributed by atoms with Gasteiger partial charge in [0.25, 0.3) is 0 Å². The van der Waals surface area contributed by atoms with E-state index in [0.29, 0.717) is 0 Å². The Kier molecular flexibility index (Phi) is 2.97. The van der Waals surface area contributed by atoms with Gasteiger partial charge < -0.3 is 15.1 Å². The lowest BCUT2D eigenvalue weighted by molar-refractivity contribution is 0.415. The Bertz CT molecular complexity index is 286. The van der Waals surface area contributed by atoms with E-state index in [1.54, 1.807) is 7.11 Å². The molecule has 4 heteroatoms. The van der Waals surface area contributed by atoms with E-state index in [-0.39, 0.29) is 0 Å². The Balaban J connectivity index is 3.08. The second-order valence-corrected chi connectivity index (χ2v) is 2.93. The van der Waals surface area contributed by atoms with Gasteiger partial charge in [0, 0.05) is 20.2 Å². The van der Waals surface area contributed by atoms with E-state index in [1.807, 2.05) is 37.2 Å². The quantitative estimate of drug-likeness (QED) is 0.540. The van der Waals surface area contributed by atoms with Crippen molar-refractivity contribution in [3.8, 4) is 5.75 Å². The Morgan fingerprint density at radius 2 is 2.08 bits per heavy atom. The zero-order valence-corrected chi connectivity index (χ0v) is 8.16. The Morgan fingerprint density at radius 1 is 1.38 bits per heavy atom. The van der Waals surface area contributed by atoms with E-state index in [9.17, 15) is 0 Å². The van der Waals surface area contributed by atoms with Crippen LogP contribution in [0.2, 0.25) is 0 Å². The minimum absolute atomic E-state index is 0.806. The first kappa shape index (κ1) is 9.67. The maximum Gasteiger partial charge on any atom is 0.144 e. The highest BCUT2D eigenvalue weighted by atomic mass is 16.5. The topological polar surface area (TPSA) is 50.5 Å². The summed E-state index contributed by atoms with van der Waals surface area (Å²) >= 11 is 0. The van der Waals surface area contributed by atoms with Gasteiger partial charge in [-0.15, -0.1) is 0 Å². The number of nitrogens with zero attached hydrogens (tertiary/aromatic N) is 1. The Hall–Kier alpha value is -1.42. The van der Waals surface area contributed by atoms with Crippen molar-refractivity contribution in [2.75, 3.05) is 31.5 Å². The number of hydrogen-bond acceptors (Lipinski definition) is 4. The van der Waals surface area contributed by atoms with Crippen LogP contribution < -0.4 is 20.9 Å². The largest absolute Gasteiger partial charge is 0.495 e. The number of ether oxygens (including phenoxy) is 1. The molecular formula is C9H15N3O. The van der Waals surface area contributed by atoms with Crippen molar-refractivity contribution in [3.05, 3.63) is 18.2 Å². The number of anilines is 2. The fourth-order valence-corrected chi connectivity index (χ4v) is 1.14. The molecule has 0 saturated carbocycles. The third kappa shape index (κ3) is 2.03. The lowest BCUT2D eigenvalue weighted by Crippen LogP contribution is -2.11. The number of nitrogens with two attached hydrogens (primary N) is 1. The van der Waals surface area contributed by atoms with Crippen LogP contribution in [0.5, 0.6) is 5.75 Å². The second-order valence-electron chi connectivity index (χ2n) is 2.93. The molecule has 0 aliphatic rings. The van der Waals surface area contributed by atoms with Crippen LogP contribution in [-0.2, 0) is 0 Å². The second kappa shape index (κ2) is 4.00. The third-order valence-electron chi connectivity index (χ3n) is 1.83. The van der Waals surface area contributed by atoms with Crippen LogP contribution in [0.25, 0.3) is 0 Å². The van der Waals surface area contributed by atoms with Crippen molar-refractivity contribution < 1.29 is 4.74 Å². The van der Waals surface area contributed by atoms with Gasteiger partial charge in [-0.2, -0.15) is 0 Å². The van der Waals surface area contributed by atoms with E-state index >= 15 is 0 Å². The molecule has 3 N–H and O–H groups in total. The summed E-state index contributed by atoms with van der Waals surface area (Å²) in [7, 11) is 5.57. The molecule has 0 aromatic heterocycles. The molecule has 0 fully saturated rings. The summed E-state index contributed by atoms with van der Waals surface area (Å²) < 4.78 is 5.21. The molecule has 4 nitrogen and oxygen atoms in total. The monoisotopic (exact) mass is 181 g/mol. The van der Waals surface area contributed by atoms with Gasteiger partial charge >= 0.3 is 0 Å². The summed E-state index contributed by atoms with van der Waals surface area (Å²) in [5.41, 5.74) is 4.43. The van der Waals surface area contributed by atoms with Crippen molar-refractivity contribution in [3.63, 3.8) is 0 Å². The molecule has 1 aromatic carbocycles. The van der Waals surface area contributed by atoms with Gasteiger partial charge in [-0.3, -0.25) is 5.84 Å². The third-order valence-corrected chi connectivity index (χ3v) is 1.83. The Labute approximate surface area is 78.3 Å². The predicted molar refractivity (Wildman–Crippen MR) is 55.1 cm³/mol. The molecule has 0 saturated heterocycles. The molecular weight excluding hydrogens is 166 g/mol. The average molecular weight is 181 g/mol. The summed E-state index contributed by atoms with van der Waals surface area (Å²) in [4.78, 5) is 1.99. The number of benzene rings is 1. The molecule has 0 radical (unpaired) electrons. The minimum atomic E-state index is 0.806. The number of methoxy groups -OCH3 is 1. The van der Waals surface area contributed by atoms with E-state index < -0.39 is 0 Å². The van der Waals surface area contributed by atoms with Gasteiger partial charge in [-0.25, -0.2) is 0 Å². The van der Waals surface area contributed by atoms with Crippen LogP contribution in [0.15, 0.2) is 18.2 Å². The molecule has 13 heavy (non-hydrogen) atoms. The lowest BCUT2D eigenvalue weighted by Gasteiger charge is -2.17. The van der Waals surface area contributed by atoms with E-state index in [4.69, 9.17) is 10.6 Å². The van der Waals surface area contributed by atoms with Crippen molar-refractivity contribution in [2.45, 2.75) is 0 Å². The molecule has 1 rings (SSSR count). The molecule has 0 bridgehead atoms. The molecule has 0 aliphatic heterocycles. The molecule has 0 aliphatic carbocycles. The zero-order chi connectivity index (χ0) is 9.84. The van der Waals surface area contributed by atoms with Crippen LogP contribution in [0, 0.1) is 0 Å². The first-order valence-corrected chi connectivity index (χ1v) is 4.01. The maximum absolute atomic E-state index is 5.28. The summed E-state index contributed by atoms with van der Waals surface area (Å²) in [6.45, 7) is 0. The lowest BCUT2D eigenvalue weighted by atomic mass is 10.2. The number of hydrogen-bond donors (Lipinski definition) is 2. The van der Waals surface area contributed by atoms with Gasteiger partial charge in [0.2, 0.25) is 0 Å². The Morgan fingerprint density at radius 3 is 2.54 bits per heavy atom. The smallest absolute Gasteiger partial charge is 0.144 e. The normalized spacial score (nSPS) is 9.54. The molecule has 0 heterocycles. The SMILES string of the molecule is COc1cc(NN)ccc1N(C)C. The van der Waals surface area contributed by atoms with Crippen LogP contribution in [-0.4, -0.2) is 21.2 Å². The molecule has 1 aromatic rings. The fraction of sp³-hybridized carbons (Fsp3) is 0.333. The van der Waals surface area contributed by atoms with E-state index in [0.717, 1.165) is 17.1 Å². The van der Waals surface area contributed by atoms with Crippen molar-refractivity contribution in [1.29, 1.82) is 0 Å². The number of rotatable bonds is 3. The summed E-state index contributed by atoms with van der Waals surface area (Å²) in [5.74, 6) is 6.09.